The number of benzene rings is 1. The Balaban J connectivity index is 1.88. The number of hydrogen-bond donors (Lipinski definition) is 1. The van der Waals surface area contributed by atoms with Crippen LogP contribution in [-0.2, 0) is 6.54 Å². The standard InChI is InChI=1S/C13H17Cl2N/c14-11-7-6-10(13(15)8-11)9-16-12-4-2-1-3-5-12/h6-8,12,16H,1-5,9H2. The third-order valence-electron chi connectivity index (χ3n) is 3.20. The van der Waals surface area contributed by atoms with Gasteiger partial charge in [-0.15, -0.1) is 0 Å². The van der Waals surface area contributed by atoms with Crippen molar-refractivity contribution in [3.8, 4) is 0 Å². The van der Waals surface area contributed by atoms with E-state index in [1.165, 1.54) is 32.1 Å². The molecule has 0 atom stereocenters. The van der Waals surface area contributed by atoms with Crippen LogP contribution in [0.2, 0.25) is 10.0 Å². The summed E-state index contributed by atoms with van der Waals surface area (Å²) in [5.74, 6) is 0. The van der Waals surface area contributed by atoms with Crippen molar-refractivity contribution in [3.05, 3.63) is 33.8 Å². The van der Waals surface area contributed by atoms with Crippen LogP contribution >= 0.6 is 23.2 Å². The third-order valence-corrected chi connectivity index (χ3v) is 3.79. The fraction of sp³-hybridized carbons (Fsp3) is 0.538. The fourth-order valence-electron chi connectivity index (χ4n) is 2.23. The summed E-state index contributed by atoms with van der Waals surface area (Å²) in [6.07, 6.45) is 6.69. The molecule has 1 aliphatic rings. The van der Waals surface area contributed by atoms with Gasteiger partial charge in [0, 0.05) is 22.6 Å². The summed E-state index contributed by atoms with van der Waals surface area (Å²) >= 11 is 12.0. The molecule has 1 N–H and O–H groups in total. The van der Waals surface area contributed by atoms with E-state index >= 15 is 0 Å². The van der Waals surface area contributed by atoms with Gasteiger partial charge in [0.2, 0.25) is 0 Å². The fourth-order valence-corrected chi connectivity index (χ4v) is 2.70. The van der Waals surface area contributed by atoms with Crippen molar-refractivity contribution in [1.29, 1.82) is 0 Å². The first kappa shape index (κ1) is 12.2. The van der Waals surface area contributed by atoms with E-state index in [1.807, 2.05) is 12.1 Å². The molecular weight excluding hydrogens is 241 g/mol. The summed E-state index contributed by atoms with van der Waals surface area (Å²) in [6.45, 7) is 0.848. The molecule has 1 fully saturated rings. The van der Waals surface area contributed by atoms with Gasteiger partial charge < -0.3 is 5.32 Å². The topological polar surface area (TPSA) is 12.0 Å². The lowest BCUT2D eigenvalue weighted by atomic mass is 9.95. The molecule has 0 amide bonds. The van der Waals surface area contributed by atoms with E-state index in [9.17, 15) is 0 Å². The first-order valence-electron chi connectivity index (χ1n) is 5.93. The SMILES string of the molecule is Clc1ccc(CNC2CCCCC2)c(Cl)c1. The summed E-state index contributed by atoms with van der Waals surface area (Å²) in [5.41, 5.74) is 1.14. The summed E-state index contributed by atoms with van der Waals surface area (Å²) in [6, 6.07) is 6.37. The van der Waals surface area contributed by atoms with Gasteiger partial charge >= 0.3 is 0 Å². The maximum absolute atomic E-state index is 6.12. The molecule has 1 aliphatic carbocycles. The monoisotopic (exact) mass is 257 g/mol. The lowest BCUT2D eigenvalue weighted by Crippen LogP contribution is -2.30. The lowest BCUT2D eigenvalue weighted by molar-refractivity contribution is 0.372. The van der Waals surface area contributed by atoms with E-state index in [-0.39, 0.29) is 0 Å². The summed E-state index contributed by atoms with van der Waals surface area (Å²) in [7, 11) is 0. The van der Waals surface area contributed by atoms with Crippen LogP contribution in [0.25, 0.3) is 0 Å². The largest absolute Gasteiger partial charge is 0.310 e. The first-order chi connectivity index (χ1) is 7.75. The van der Waals surface area contributed by atoms with Crippen LogP contribution in [-0.4, -0.2) is 6.04 Å². The Kier molecular flexibility index (Phi) is 4.51. The molecule has 16 heavy (non-hydrogen) atoms. The van der Waals surface area contributed by atoms with E-state index in [4.69, 9.17) is 23.2 Å². The van der Waals surface area contributed by atoms with Crippen LogP contribution in [0.5, 0.6) is 0 Å². The predicted octanol–water partition coefficient (Wildman–Crippen LogP) is 4.42. The van der Waals surface area contributed by atoms with Crippen molar-refractivity contribution in [3.63, 3.8) is 0 Å². The molecule has 1 aromatic carbocycles. The molecule has 0 radical (unpaired) electrons. The van der Waals surface area contributed by atoms with E-state index in [0.717, 1.165) is 17.1 Å². The molecule has 0 bridgehead atoms. The summed E-state index contributed by atoms with van der Waals surface area (Å²) < 4.78 is 0. The highest BCUT2D eigenvalue weighted by Crippen LogP contribution is 2.22. The molecule has 0 aromatic heterocycles. The number of nitrogens with one attached hydrogen (secondary N) is 1. The maximum Gasteiger partial charge on any atom is 0.0465 e. The zero-order chi connectivity index (χ0) is 11.4. The molecular formula is C13H17Cl2N. The Labute approximate surface area is 107 Å². The summed E-state index contributed by atoms with van der Waals surface area (Å²) in [4.78, 5) is 0. The Bertz CT molecular complexity index is 346. The molecule has 0 heterocycles. The highest BCUT2D eigenvalue weighted by molar-refractivity contribution is 6.35. The lowest BCUT2D eigenvalue weighted by Gasteiger charge is -2.23. The van der Waals surface area contributed by atoms with Crippen molar-refractivity contribution < 1.29 is 0 Å². The van der Waals surface area contributed by atoms with Crippen molar-refractivity contribution in [2.75, 3.05) is 0 Å². The second kappa shape index (κ2) is 5.90. The quantitative estimate of drug-likeness (QED) is 0.846. The first-order valence-corrected chi connectivity index (χ1v) is 6.68. The minimum Gasteiger partial charge on any atom is -0.310 e. The van der Waals surface area contributed by atoms with Crippen molar-refractivity contribution in [1.82, 2.24) is 5.32 Å². The Morgan fingerprint density at radius 1 is 1.12 bits per heavy atom. The zero-order valence-electron chi connectivity index (χ0n) is 9.31. The van der Waals surface area contributed by atoms with E-state index < -0.39 is 0 Å². The number of hydrogen-bond acceptors (Lipinski definition) is 1. The molecule has 0 unspecified atom stereocenters. The minimum absolute atomic E-state index is 0.667. The van der Waals surface area contributed by atoms with Crippen LogP contribution in [0, 0.1) is 0 Å². The van der Waals surface area contributed by atoms with Crippen LogP contribution in [0.4, 0.5) is 0 Å². The van der Waals surface area contributed by atoms with E-state index in [2.05, 4.69) is 5.32 Å². The maximum atomic E-state index is 6.12. The van der Waals surface area contributed by atoms with Crippen LogP contribution in [0.3, 0.4) is 0 Å². The second-order valence-electron chi connectivity index (χ2n) is 4.45. The molecule has 0 saturated heterocycles. The Morgan fingerprint density at radius 3 is 2.56 bits per heavy atom. The zero-order valence-corrected chi connectivity index (χ0v) is 10.8. The normalized spacial score (nSPS) is 17.6. The van der Waals surface area contributed by atoms with Gasteiger partial charge in [0.1, 0.15) is 0 Å². The average Bonchev–Trinajstić information content (AvgIpc) is 2.29. The molecule has 0 spiro atoms. The molecule has 1 saturated carbocycles. The van der Waals surface area contributed by atoms with E-state index in [0.29, 0.717) is 11.1 Å². The van der Waals surface area contributed by atoms with Gasteiger partial charge in [0.25, 0.3) is 0 Å². The second-order valence-corrected chi connectivity index (χ2v) is 5.30. The molecule has 1 nitrogen and oxygen atoms in total. The Morgan fingerprint density at radius 2 is 1.88 bits per heavy atom. The van der Waals surface area contributed by atoms with Crippen molar-refractivity contribution in [2.24, 2.45) is 0 Å². The van der Waals surface area contributed by atoms with Crippen molar-refractivity contribution in [2.45, 2.75) is 44.7 Å². The van der Waals surface area contributed by atoms with Crippen molar-refractivity contribution >= 4 is 23.2 Å². The van der Waals surface area contributed by atoms with Crippen LogP contribution in [0.1, 0.15) is 37.7 Å². The predicted molar refractivity (Wildman–Crippen MR) is 70.2 cm³/mol. The minimum atomic E-state index is 0.667. The molecule has 88 valence electrons. The van der Waals surface area contributed by atoms with Gasteiger partial charge in [-0.3, -0.25) is 0 Å². The number of halogens is 2. The van der Waals surface area contributed by atoms with Gasteiger partial charge in [-0.05, 0) is 30.5 Å². The molecule has 1 aromatic rings. The number of rotatable bonds is 3. The molecule has 0 aliphatic heterocycles. The van der Waals surface area contributed by atoms with Crippen LogP contribution in [0.15, 0.2) is 18.2 Å². The van der Waals surface area contributed by atoms with Crippen LogP contribution < -0.4 is 5.32 Å². The third kappa shape index (κ3) is 3.38. The molecule has 3 heteroatoms. The Hall–Kier alpha value is -0.240. The molecule has 2 rings (SSSR count). The highest BCUT2D eigenvalue weighted by Gasteiger charge is 2.12. The van der Waals surface area contributed by atoms with E-state index in [1.54, 1.807) is 6.07 Å². The van der Waals surface area contributed by atoms with Gasteiger partial charge in [-0.25, -0.2) is 0 Å². The average molecular weight is 258 g/mol. The smallest absolute Gasteiger partial charge is 0.0465 e. The van der Waals surface area contributed by atoms with Gasteiger partial charge in [0.15, 0.2) is 0 Å². The van der Waals surface area contributed by atoms with Gasteiger partial charge in [0.05, 0.1) is 0 Å². The van der Waals surface area contributed by atoms with Gasteiger partial charge in [-0.2, -0.15) is 0 Å². The summed E-state index contributed by atoms with van der Waals surface area (Å²) in [5, 5.41) is 5.03. The highest BCUT2D eigenvalue weighted by atomic mass is 35.5. The van der Waals surface area contributed by atoms with Gasteiger partial charge in [-0.1, -0.05) is 48.5 Å².